The van der Waals surface area contributed by atoms with Crippen LogP contribution in [0.3, 0.4) is 0 Å². The fourth-order valence-electron chi connectivity index (χ4n) is 7.32. The van der Waals surface area contributed by atoms with Crippen molar-refractivity contribution < 1.29 is 41.5 Å². The summed E-state index contributed by atoms with van der Waals surface area (Å²) >= 11 is 0. The molecule has 0 N–H and O–H groups in total. The molecule has 1 aliphatic heterocycles. The highest BCUT2D eigenvalue weighted by atomic mass is 28.4. The van der Waals surface area contributed by atoms with Crippen molar-refractivity contribution in [2.24, 2.45) is 22.7 Å². The second kappa shape index (κ2) is 24.1. The van der Waals surface area contributed by atoms with Crippen molar-refractivity contribution in [2.45, 2.75) is 176 Å². The first-order chi connectivity index (χ1) is 32.2. The van der Waals surface area contributed by atoms with Gasteiger partial charge in [-0.15, -0.1) is 0 Å². The highest BCUT2D eigenvalue weighted by molar-refractivity contribution is 6.74. The van der Waals surface area contributed by atoms with E-state index in [2.05, 4.69) is 136 Å². The van der Waals surface area contributed by atoms with Crippen molar-refractivity contribution in [3.05, 3.63) is 127 Å². The largest absolute Gasteiger partial charge is 0.457 e. The summed E-state index contributed by atoms with van der Waals surface area (Å²) in [6.07, 6.45) is 34.5. The fraction of sp³-hybridized carbons (Fsp3) is 0.571. The van der Waals surface area contributed by atoms with Crippen molar-refractivity contribution in [1.82, 2.24) is 9.97 Å². The Morgan fingerprint density at radius 1 is 0.638 bits per heavy atom. The van der Waals surface area contributed by atoms with Crippen LogP contribution in [0.1, 0.15) is 135 Å². The van der Waals surface area contributed by atoms with Gasteiger partial charge in [0, 0.05) is 36.9 Å². The molecule has 2 aromatic rings. The first kappa shape index (κ1) is 57.2. The van der Waals surface area contributed by atoms with E-state index in [0.29, 0.717) is 42.9 Å². The Morgan fingerprint density at radius 3 is 1.67 bits per heavy atom. The summed E-state index contributed by atoms with van der Waals surface area (Å²) in [6.45, 7) is 34.6. The highest BCUT2D eigenvalue weighted by Gasteiger charge is 2.47. The van der Waals surface area contributed by atoms with Gasteiger partial charge < -0.3 is 31.9 Å². The lowest BCUT2D eigenvalue weighted by Gasteiger charge is -2.45. The standard InChI is InChI=1S/C56H84N2O9Si2/c1-18-28-47(66-68(14,15)53(3,4)5)55(9,10)45-33-24-22-20-21-23-32-42(61-13)37-50-58-44(39-63-50)52(60)65-46(56(11,12)48(29-19-2)67-69(16,17)54(6,7)8)34-27-31-41-36-40(41)30-25-26-35-49-57-43(38-62-49)51(59)64-45/h18-32,35,38-42,45-48H,33-34,36-37H2,1-17H3/b21-20-,24-22-,28-18+,29-19+,30-25+,31-27-,32-23+,35-26-/t40-,41+,42+,45+,46+,47+,48+/m1/s1. The van der Waals surface area contributed by atoms with Crippen LogP contribution in [0.4, 0.5) is 0 Å². The molecule has 1 saturated carbocycles. The second-order valence-corrected chi connectivity index (χ2v) is 32.2. The number of rotatable bonds is 11. The molecule has 0 aromatic carbocycles. The van der Waals surface area contributed by atoms with Crippen LogP contribution >= 0.6 is 0 Å². The maximum absolute atomic E-state index is 13.9. The van der Waals surface area contributed by atoms with Crippen LogP contribution in [0.5, 0.6) is 0 Å². The molecule has 4 bridgehead atoms. The number of hydrogen-bond donors (Lipinski definition) is 0. The summed E-state index contributed by atoms with van der Waals surface area (Å²) in [7, 11) is -2.83. The summed E-state index contributed by atoms with van der Waals surface area (Å²) in [5.41, 5.74) is -1.05. The zero-order valence-electron chi connectivity index (χ0n) is 44.8. The molecule has 3 heterocycles. The second-order valence-electron chi connectivity index (χ2n) is 22.7. The normalized spacial score (nSPS) is 26.0. The lowest BCUT2D eigenvalue weighted by molar-refractivity contribution is -0.0425. The van der Waals surface area contributed by atoms with Gasteiger partial charge in [0.2, 0.25) is 5.89 Å². The van der Waals surface area contributed by atoms with E-state index >= 15 is 0 Å². The minimum atomic E-state index is -2.23. The number of ether oxygens (including phenoxy) is 3. The van der Waals surface area contributed by atoms with Crippen LogP contribution in [0.25, 0.3) is 6.08 Å². The van der Waals surface area contributed by atoms with E-state index in [1.807, 2.05) is 74.6 Å². The Bertz CT molecular complexity index is 2240. The molecule has 4 rings (SSSR count). The highest BCUT2D eigenvalue weighted by Crippen LogP contribution is 2.45. The van der Waals surface area contributed by atoms with Crippen LogP contribution in [0.15, 0.2) is 113 Å². The van der Waals surface area contributed by atoms with Crippen LogP contribution in [0, 0.1) is 22.7 Å². The third-order valence-electron chi connectivity index (χ3n) is 14.5. The van der Waals surface area contributed by atoms with E-state index in [4.69, 9.17) is 31.9 Å². The number of carbonyl (C=O) groups is 2. The maximum atomic E-state index is 13.9. The average Bonchev–Trinajstić information content (AvgIpc) is 3.56. The SMILES string of the molecule is C/C=C/[C@H](O[Si](C)(C)C(C)(C)C)C(C)(C)[C@@H]1C\C=C/C=C\C=C\[C@H](OC)Cc2nc(co2)C(=O)O[C@H](C(C)(C)[C@H](/C=C/C)O[Si](C)(C)C(C)(C)C)C/C=C\[C@H]2C[C@H]2/C=C/C=C\c2nc(co2)C(=O)O1. The smallest absolute Gasteiger partial charge is 0.360 e. The van der Waals surface area contributed by atoms with Gasteiger partial charge in [-0.05, 0) is 68.4 Å². The maximum Gasteiger partial charge on any atom is 0.360 e. The number of oxazole rings is 2. The molecule has 7 atom stereocenters. The first-order valence-corrected chi connectivity index (χ1v) is 30.5. The summed E-state index contributed by atoms with van der Waals surface area (Å²) in [5.74, 6) is 0.226. The van der Waals surface area contributed by atoms with Crippen LogP contribution in [-0.2, 0) is 29.5 Å². The molecule has 0 spiro atoms. The van der Waals surface area contributed by atoms with E-state index in [1.54, 1.807) is 13.2 Å². The van der Waals surface area contributed by atoms with E-state index in [1.165, 1.54) is 12.5 Å². The number of cyclic esters (lactones) is 2. The van der Waals surface area contributed by atoms with Gasteiger partial charge in [-0.1, -0.05) is 160 Å². The van der Waals surface area contributed by atoms with E-state index in [0.717, 1.165) is 6.42 Å². The molecule has 0 amide bonds. The Kier molecular flexibility index (Phi) is 20.0. The van der Waals surface area contributed by atoms with Gasteiger partial charge in [-0.2, -0.15) is 0 Å². The number of esters is 2. The van der Waals surface area contributed by atoms with Gasteiger partial charge in [0.15, 0.2) is 33.9 Å². The van der Waals surface area contributed by atoms with Gasteiger partial charge in [0.25, 0.3) is 0 Å². The summed E-state index contributed by atoms with van der Waals surface area (Å²) in [4.78, 5) is 36.8. The summed E-state index contributed by atoms with van der Waals surface area (Å²) in [5, 5.41) is -0.0415. The minimum Gasteiger partial charge on any atom is -0.457 e. The van der Waals surface area contributed by atoms with Crippen molar-refractivity contribution in [1.29, 1.82) is 0 Å². The topological polar surface area (TPSA) is 132 Å². The van der Waals surface area contributed by atoms with Gasteiger partial charge in [0.1, 0.15) is 24.7 Å². The van der Waals surface area contributed by atoms with Gasteiger partial charge in [-0.25, -0.2) is 19.6 Å². The minimum absolute atomic E-state index is 0.0178. The Balaban J connectivity index is 1.66. The molecule has 13 heteroatoms. The van der Waals surface area contributed by atoms with E-state index in [-0.39, 0.29) is 39.8 Å². The van der Waals surface area contributed by atoms with Crippen molar-refractivity contribution in [3.8, 4) is 0 Å². The Labute approximate surface area is 416 Å². The molecule has 0 unspecified atom stereocenters. The third-order valence-corrected chi connectivity index (χ3v) is 23.4. The van der Waals surface area contributed by atoms with Crippen molar-refractivity contribution in [2.75, 3.05) is 7.11 Å². The quantitative estimate of drug-likeness (QED) is 0.121. The number of aromatic nitrogens is 2. The molecule has 380 valence electrons. The van der Waals surface area contributed by atoms with Crippen molar-refractivity contribution in [3.63, 3.8) is 0 Å². The molecule has 11 nitrogen and oxygen atoms in total. The van der Waals surface area contributed by atoms with Crippen LogP contribution in [-0.4, -0.2) is 76.2 Å². The number of nitrogens with zero attached hydrogens (tertiary/aromatic N) is 2. The molecule has 2 aliphatic rings. The monoisotopic (exact) mass is 985 g/mol. The van der Waals surface area contributed by atoms with E-state index in [9.17, 15) is 9.59 Å². The molecule has 1 aliphatic carbocycles. The number of carbonyl (C=O) groups excluding carboxylic acids is 2. The zero-order valence-corrected chi connectivity index (χ0v) is 46.8. The third kappa shape index (κ3) is 16.1. The van der Waals surface area contributed by atoms with Gasteiger partial charge >= 0.3 is 11.9 Å². The van der Waals surface area contributed by atoms with Crippen molar-refractivity contribution >= 4 is 34.6 Å². The van der Waals surface area contributed by atoms with Gasteiger partial charge in [0.05, 0.1) is 24.7 Å². The Morgan fingerprint density at radius 2 is 1.13 bits per heavy atom. The molecular formula is C56H84N2O9Si2. The molecule has 1 fully saturated rings. The number of methoxy groups -OCH3 is 1. The number of fused-ring (bicyclic) bond motifs is 5. The lowest BCUT2D eigenvalue weighted by Crippen LogP contribution is -2.51. The first-order valence-electron chi connectivity index (χ1n) is 24.6. The van der Waals surface area contributed by atoms with Gasteiger partial charge in [-0.3, -0.25) is 0 Å². The molecule has 69 heavy (non-hydrogen) atoms. The van der Waals surface area contributed by atoms with Crippen LogP contribution in [0.2, 0.25) is 36.3 Å². The molecule has 0 saturated heterocycles. The van der Waals surface area contributed by atoms with E-state index < -0.39 is 51.6 Å². The molecule has 2 aromatic heterocycles. The fourth-order valence-corrected chi connectivity index (χ4v) is 10.1. The number of hydrogen-bond acceptors (Lipinski definition) is 11. The summed E-state index contributed by atoms with van der Waals surface area (Å²) in [6, 6.07) is 0. The molecular weight excluding hydrogens is 901 g/mol. The summed E-state index contributed by atoms with van der Waals surface area (Å²) < 4.78 is 44.0. The predicted octanol–water partition coefficient (Wildman–Crippen LogP) is 14.2. The zero-order chi connectivity index (χ0) is 51.4. The Hall–Kier alpha value is -4.41. The average molecular weight is 985 g/mol. The number of allylic oxidation sites excluding steroid dienone is 10. The molecule has 0 radical (unpaired) electrons. The van der Waals surface area contributed by atoms with Crippen LogP contribution < -0.4 is 0 Å². The predicted molar refractivity (Wildman–Crippen MR) is 283 cm³/mol. The lowest BCUT2D eigenvalue weighted by atomic mass is 9.79.